The minimum Gasteiger partial charge on any atom is -0.310 e. The van der Waals surface area contributed by atoms with Gasteiger partial charge in [-0.3, -0.25) is 9.59 Å². The molecule has 2 aliphatic carbocycles. The zero-order valence-corrected chi connectivity index (χ0v) is 13.2. The second-order valence-corrected chi connectivity index (χ2v) is 8.85. The van der Waals surface area contributed by atoms with Crippen LogP contribution in [0.25, 0.3) is 0 Å². The molecule has 3 rings (SSSR count). The monoisotopic (exact) mass is 277 g/mol. The number of rotatable bonds is 0. The Bertz CT molecular complexity index is 412. The molecular weight excluding hydrogens is 250 g/mol. The van der Waals surface area contributed by atoms with E-state index in [-0.39, 0.29) is 34.7 Å². The highest BCUT2D eigenvalue weighted by molar-refractivity contribution is 5.87. The van der Waals surface area contributed by atoms with E-state index in [9.17, 15) is 9.59 Å². The van der Waals surface area contributed by atoms with Crippen molar-refractivity contribution in [1.29, 1.82) is 0 Å². The van der Waals surface area contributed by atoms with Crippen molar-refractivity contribution in [2.75, 3.05) is 0 Å². The average Bonchev–Trinajstić information content (AvgIpc) is 2.23. The molecule has 0 bridgehead atoms. The molecule has 1 N–H and O–H groups in total. The van der Waals surface area contributed by atoms with Crippen LogP contribution in [-0.4, -0.2) is 23.7 Å². The fraction of sp³-hybridized carbons (Fsp3) is 0.882. The summed E-state index contributed by atoms with van der Waals surface area (Å²) in [6.45, 7) is 8.74. The fourth-order valence-electron chi connectivity index (χ4n) is 4.76. The summed E-state index contributed by atoms with van der Waals surface area (Å²) in [7, 11) is 0. The standard InChI is InChI=1S/C17H27NO2/c1-16(2)6-12-10(14(19)8-16)5-11-13(18-12)7-17(3,4)9-15(11)20/h10-13,18H,5-9H2,1-4H3. The predicted octanol–water partition coefficient (Wildman–Crippen LogP) is 2.73. The molecule has 0 radical (unpaired) electrons. The van der Waals surface area contributed by atoms with Crippen molar-refractivity contribution in [2.24, 2.45) is 22.7 Å². The number of nitrogens with one attached hydrogen (secondary N) is 1. The lowest BCUT2D eigenvalue weighted by molar-refractivity contribution is -0.138. The maximum absolute atomic E-state index is 12.4. The first-order valence-corrected chi connectivity index (χ1v) is 7.98. The van der Waals surface area contributed by atoms with Crippen LogP contribution in [0.3, 0.4) is 0 Å². The molecule has 0 aromatic carbocycles. The van der Waals surface area contributed by atoms with Crippen molar-refractivity contribution in [1.82, 2.24) is 5.32 Å². The molecule has 3 aliphatic rings. The Morgan fingerprint density at radius 1 is 0.850 bits per heavy atom. The zero-order valence-electron chi connectivity index (χ0n) is 13.2. The van der Waals surface area contributed by atoms with Crippen molar-refractivity contribution >= 4 is 11.6 Å². The summed E-state index contributed by atoms with van der Waals surface area (Å²) < 4.78 is 0. The molecule has 1 heterocycles. The Hall–Kier alpha value is -0.700. The van der Waals surface area contributed by atoms with Crippen LogP contribution in [0, 0.1) is 22.7 Å². The van der Waals surface area contributed by atoms with Crippen LogP contribution in [0.1, 0.15) is 59.8 Å². The van der Waals surface area contributed by atoms with E-state index in [1.54, 1.807) is 0 Å². The molecule has 20 heavy (non-hydrogen) atoms. The van der Waals surface area contributed by atoms with Gasteiger partial charge >= 0.3 is 0 Å². The van der Waals surface area contributed by atoms with E-state index in [0.717, 1.165) is 19.3 Å². The lowest BCUT2D eigenvalue weighted by Crippen LogP contribution is -2.62. The summed E-state index contributed by atoms with van der Waals surface area (Å²) in [6, 6.07) is 0.573. The molecule has 3 fully saturated rings. The van der Waals surface area contributed by atoms with Crippen molar-refractivity contribution in [2.45, 2.75) is 71.9 Å². The Balaban J connectivity index is 1.82. The smallest absolute Gasteiger partial charge is 0.138 e. The fourth-order valence-corrected chi connectivity index (χ4v) is 4.76. The van der Waals surface area contributed by atoms with Crippen molar-refractivity contribution in [3.63, 3.8) is 0 Å². The lowest BCUT2D eigenvalue weighted by atomic mass is 9.60. The topological polar surface area (TPSA) is 46.2 Å². The zero-order chi connectivity index (χ0) is 14.7. The van der Waals surface area contributed by atoms with Gasteiger partial charge in [0.2, 0.25) is 0 Å². The summed E-state index contributed by atoms with van der Waals surface area (Å²) in [6.07, 6.45) is 4.26. The third-order valence-electron chi connectivity index (χ3n) is 5.59. The Labute approximate surface area is 121 Å². The molecule has 3 heteroatoms. The van der Waals surface area contributed by atoms with E-state index >= 15 is 0 Å². The van der Waals surface area contributed by atoms with Crippen LogP contribution in [0.4, 0.5) is 0 Å². The number of carbonyl (C=O) groups excluding carboxylic acids is 2. The number of hydrogen-bond acceptors (Lipinski definition) is 3. The molecule has 4 unspecified atom stereocenters. The van der Waals surface area contributed by atoms with Crippen molar-refractivity contribution in [3.8, 4) is 0 Å². The molecule has 2 saturated carbocycles. The third-order valence-corrected chi connectivity index (χ3v) is 5.59. The summed E-state index contributed by atoms with van der Waals surface area (Å²) in [5.74, 6) is 0.897. The number of hydrogen-bond donors (Lipinski definition) is 1. The highest BCUT2D eigenvalue weighted by atomic mass is 16.1. The molecule has 0 spiro atoms. The van der Waals surface area contributed by atoms with Gasteiger partial charge in [-0.2, -0.15) is 0 Å². The third kappa shape index (κ3) is 2.45. The van der Waals surface area contributed by atoms with Gasteiger partial charge in [-0.25, -0.2) is 0 Å². The van der Waals surface area contributed by atoms with Crippen LogP contribution in [0.2, 0.25) is 0 Å². The summed E-state index contributed by atoms with van der Waals surface area (Å²) in [5, 5.41) is 3.69. The van der Waals surface area contributed by atoms with Crippen molar-refractivity contribution < 1.29 is 9.59 Å². The molecule has 112 valence electrons. The number of carbonyl (C=O) groups is 2. The highest BCUT2D eigenvalue weighted by Gasteiger charge is 2.51. The minimum atomic E-state index is 0.0782. The Kier molecular flexibility index (Phi) is 3.13. The summed E-state index contributed by atoms with van der Waals surface area (Å²) in [4.78, 5) is 24.8. The van der Waals surface area contributed by atoms with Crippen LogP contribution in [0.5, 0.6) is 0 Å². The van der Waals surface area contributed by atoms with E-state index in [2.05, 4.69) is 33.0 Å². The van der Waals surface area contributed by atoms with Crippen molar-refractivity contribution in [3.05, 3.63) is 0 Å². The molecule has 0 amide bonds. The van der Waals surface area contributed by atoms with Crippen LogP contribution in [0.15, 0.2) is 0 Å². The predicted molar refractivity (Wildman–Crippen MR) is 78.4 cm³/mol. The van der Waals surface area contributed by atoms with Gasteiger partial charge in [-0.15, -0.1) is 0 Å². The second kappa shape index (κ2) is 4.40. The SMILES string of the molecule is CC1(C)CC(=O)C2CC3C(=O)CC(C)(C)CC3NC2C1. The molecular formula is C17H27NO2. The van der Waals surface area contributed by atoms with Gasteiger partial charge in [0.25, 0.3) is 0 Å². The Morgan fingerprint density at radius 3 is 1.65 bits per heavy atom. The van der Waals surface area contributed by atoms with Gasteiger partial charge in [-0.05, 0) is 30.1 Å². The van der Waals surface area contributed by atoms with Gasteiger partial charge in [0.15, 0.2) is 0 Å². The molecule has 3 nitrogen and oxygen atoms in total. The van der Waals surface area contributed by atoms with Gasteiger partial charge in [0.05, 0.1) is 0 Å². The van der Waals surface area contributed by atoms with E-state index in [0.29, 0.717) is 24.4 Å². The molecule has 4 atom stereocenters. The molecule has 0 aromatic heterocycles. The van der Waals surface area contributed by atoms with Gasteiger partial charge in [0.1, 0.15) is 11.6 Å². The van der Waals surface area contributed by atoms with E-state index in [1.165, 1.54) is 0 Å². The largest absolute Gasteiger partial charge is 0.310 e. The molecule has 1 saturated heterocycles. The van der Waals surface area contributed by atoms with Crippen LogP contribution in [-0.2, 0) is 9.59 Å². The van der Waals surface area contributed by atoms with Gasteiger partial charge in [0, 0.05) is 36.8 Å². The Morgan fingerprint density at radius 2 is 1.25 bits per heavy atom. The van der Waals surface area contributed by atoms with E-state index < -0.39 is 0 Å². The number of fused-ring (bicyclic) bond motifs is 2. The molecule has 0 aromatic rings. The number of ketones is 2. The van der Waals surface area contributed by atoms with E-state index in [1.807, 2.05) is 0 Å². The highest BCUT2D eigenvalue weighted by Crippen LogP contribution is 2.46. The minimum absolute atomic E-state index is 0.0782. The summed E-state index contributed by atoms with van der Waals surface area (Å²) in [5.41, 5.74) is 0.207. The maximum Gasteiger partial charge on any atom is 0.138 e. The molecule has 1 aliphatic heterocycles. The van der Waals surface area contributed by atoms with Crippen LogP contribution >= 0.6 is 0 Å². The number of piperidine rings is 1. The maximum atomic E-state index is 12.4. The average molecular weight is 277 g/mol. The lowest BCUT2D eigenvalue weighted by Gasteiger charge is -2.51. The van der Waals surface area contributed by atoms with Gasteiger partial charge in [-0.1, -0.05) is 27.7 Å². The normalized spacial score (nSPS) is 42.8. The van der Waals surface area contributed by atoms with Gasteiger partial charge < -0.3 is 5.32 Å². The number of Topliss-reactive ketones (excluding diaryl/α,β-unsaturated/α-hetero) is 2. The quantitative estimate of drug-likeness (QED) is 0.740. The van der Waals surface area contributed by atoms with E-state index in [4.69, 9.17) is 0 Å². The van der Waals surface area contributed by atoms with Crippen LogP contribution < -0.4 is 5.32 Å². The summed E-state index contributed by atoms with van der Waals surface area (Å²) >= 11 is 0. The first kappa shape index (κ1) is 14.2. The first-order chi connectivity index (χ1) is 9.17. The first-order valence-electron chi connectivity index (χ1n) is 7.98. The second-order valence-electron chi connectivity index (χ2n) is 8.85.